The molecule has 1 N–H and O–H groups in total. The number of hydrogen-bond acceptors (Lipinski definition) is 3. The monoisotopic (exact) mass is 247 g/mol. The molecule has 0 fully saturated rings. The summed E-state index contributed by atoms with van der Waals surface area (Å²) in [5, 5.41) is 9.78. The second-order valence-electron chi connectivity index (χ2n) is 5.61. The van der Waals surface area contributed by atoms with E-state index in [2.05, 4.69) is 33.5 Å². The van der Waals surface area contributed by atoms with Gasteiger partial charge in [-0.25, -0.2) is 4.98 Å². The molecule has 0 spiro atoms. The summed E-state index contributed by atoms with van der Waals surface area (Å²) >= 11 is 0. The van der Waals surface area contributed by atoms with Crippen LogP contribution in [0.25, 0.3) is 5.65 Å². The summed E-state index contributed by atoms with van der Waals surface area (Å²) in [4.78, 5) is 6.66. The van der Waals surface area contributed by atoms with E-state index < -0.39 is 5.60 Å². The van der Waals surface area contributed by atoms with Gasteiger partial charge in [-0.2, -0.15) is 0 Å². The summed E-state index contributed by atoms with van der Waals surface area (Å²) in [6.45, 7) is 7.07. The van der Waals surface area contributed by atoms with Gasteiger partial charge in [0.05, 0.1) is 11.3 Å². The summed E-state index contributed by atoms with van der Waals surface area (Å²) in [5.41, 5.74) is 2.50. The second-order valence-corrected chi connectivity index (χ2v) is 5.61. The van der Waals surface area contributed by atoms with Gasteiger partial charge in [0.15, 0.2) is 0 Å². The Balaban J connectivity index is 2.15. The molecule has 0 amide bonds. The van der Waals surface area contributed by atoms with Crippen LogP contribution in [-0.4, -0.2) is 38.6 Å². The molecule has 4 heteroatoms. The van der Waals surface area contributed by atoms with Crippen molar-refractivity contribution in [2.45, 2.75) is 32.9 Å². The molecule has 0 saturated heterocycles. The maximum Gasteiger partial charge on any atom is 0.137 e. The number of aromatic nitrogens is 2. The lowest BCUT2D eigenvalue weighted by Crippen LogP contribution is -2.35. The van der Waals surface area contributed by atoms with Crippen molar-refractivity contribution in [2.75, 3.05) is 13.6 Å². The molecule has 18 heavy (non-hydrogen) atoms. The molecule has 0 aliphatic heterocycles. The van der Waals surface area contributed by atoms with E-state index in [1.165, 1.54) is 5.69 Å². The van der Waals surface area contributed by atoms with E-state index in [0.29, 0.717) is 6.54 Å². The second kappa shape index (κ2) is 4.71. The van der Waals surface area contributed by atoms with Crippen LogP contribution in [0, 0.1) is 6.92 Å². The minimum atomic E-state index is -0.677. The van der Waals surface area contributed by atoms with Gasteiger partial charge in [0, 0.05) is 25.0 Å². The summed E-state index contributed by atoms with van der Waals surface area (Å²) in [6.07, 6.45) is 2.06. The average molecular weight is 247 g/mol. The Hall–Kier alpha value is -1.39. The van der Waals surface area contributed by atoms with Gasteiger partial charge in [-0.3, -0.25) is 4.90 Å². The van der Waals surface area contributed by atoms with Gasteiger partial charge >= 0.3 is 0 Å². The topological polar surface area (TPSA) is 40.8 Å². The average Bonchev–Trinajstić information content (AvgIpc) is 2.58. The van der Waals surface area contributed by atoms with Gasteiger partial charge < -0.3 is 9.51 Å². The van der Waals surface area contributed by atoms with Gasteiger partial charge in [0.25, 0.3) is 0 Å². The predicted octanol–water partition coefficient (Wildman–Crippen LogP) is 1.85. The van der Waals surface area contributed by atoms with E-state index in [9.17, 15) is 5.11 Å². The zero-order chi connectivity index (χ0) is 13.3. The van der Waals surface area contributed by atoms with Crippen LogP contribution in [-0.2, 0) is 6.54 Å². The molecule has 0 aliphatic rings. The largest absolute Gasteiger partial charge is 0.389 e. The highest BCUT2D eigenvalue weighted by molar-refractivity contribution is 5.41. The number of likely N-dealkylation sites (N-methyl/N-ethyl adjacent to an activating group) is 1. The number of imidazole rings is 1. The molecule has 2 rings (SSSR count). The Labute approximate surface area is 108 Å². The van der Waals surface area contributed by atoms with E-state index in [-0.39, 0.29) is 0 Å². The third kappa shape index (κ3) is 3.09. The molecule has 2 heterocycles. The van der Waals surface area contributed by atoms with Crippen molar-refractivity contribution in [1.29, 1.82) is 0 Å². The minimum absolute atomic E-state index is 0.625. The predicted molar refractivity (Wildman–Crippen MR) is 72.6 cm³/mol. The number of nitrogens with zero attached hydrogens (tertiary/aromatic N) is 3. The molecule has 0 bridgehead atoms. The normalized spacial score (nSPS) is 12.6. The smallest absolute Gasteiger partial charge is 0.137 e. The molecule has 0 atom stereocenters. The molecular weight excluding hydrogens is 226 g/mol. The fourth-order valence-electron chi connectivity index (χ4n) is 2.27. The van der Waals surface area contributed by atoms with Gasteiger partial charge in [-0.1, -0.05) is 6.07 Å². The van der Waals surface area contributed by atoms with E-state index in [1.54, 1.807) is 0 Å². The van der Waals surface area contributed by atoms with Crippen LogP contribution in [0.15, 0.2) is 24.4 Å². The fraction of sp³-hybridized carbons (Fsp3) is 0.500. The van der Waals surface area contributed by atoms with Crippen molar-refractivity contribution in [3.05, 3.63) is 35.8 Å². The van der Waals surface area contributed by atoms with E-state index in [0.717, 1.165) is 17.9 Å². The van der Waals surface area contributed by atoms with Gasteiger partial charge in [-0.15, -0.1) is 0 Å². The zero-order valence-electron chi connectivity index (χ0n) is 11.5. The standard InChI is InChI=1S/C14H21N3O/c1-11-6-5-7-13-15-12(9-17(11)13)8-16(4)10-14(2,3)18/h5-7,9,18H,8,10H2,1-4H3. The van der Waals surface area contributed by atoms with E-state index in [4.69, 9.17) is 0 Å². The summed E-state index contributed by atoms with van der Waals surface area (Å²) in [5.74, 6) is 0. The number of rotatable bonds is 4. The summed E-state index contributed by atoms with van der Waals surface area (Å²) in [7, 11) is 1.99. The molecule has 2 aromatic rings. The molecule has 2 aromatic heterocycles. The first-order valence-corrected chi connectivity index (χ1v) is 6.20. The maximum absolute atomic E-state index is 9.78. The van der Waals surface area contributed by atoms with Crippen molar-refractivity contribution in [2.24, 2.45) is 0 Å². The molecule has 4 nitrogen and oxygen atoms in total. The Morgan fingerprint density at radius 3 is 2.72 bits per heavy atom. The number of aliphatic hydroxyl groups is 1. The summed E-state index contributed by atoms with van der Waals surface area (Å²) < 4.78 is 2.09. The molecule has 98 valence electrons. The third-order valence-corrected chi connectivity index (χ3v) is 2.83. The number of hydrogen-bond donors (Lipinski definition) is 1. The number of aryl methyl sites for hydroxylation is 1. The fourth-order valence-corrected chi connectivity index (χ4v) is 2.27. The quantitative estimate of drug-likeness (QED) is 0.896. The Bertz CT molecular complexity index is 539. The van der Waals surface area contributed by atoms with E-state index >= 15 is 0 Å². The minimum Gasteiger partial charge on any atom is -0.389 e. The van der Waals surface area contributed by atoms with Crippen LogP contribution >= 0.6 is 0 Å². The lowest BCUT2D eigenvalue weighted by molar-refractivity contribution is 0.0422. The first-order chi connectivity index (χ1) is 8.35. The van der Waals surface area contributed by atoms with Crippen LogP contribution < -0.4 is 0 Å². The first kappa shape index (κ1) is 13.1. The van der Waals surface area contributed by atoms with Crippen molar-refractivity contribution in [1.82, 2.24) is 14.3 Å². The molecule has 0 aromatic carbocycles. The first-order valence-electron chi connectivity index (χ1n) is 6.20. The SMILES string of the molecule is Cc1cccc2nc(CN(C)CC(C)(C)O)cn12. The Kier molecular flexibility index (Phi) is 3.41. The van der Waals surface area contributed by atoms with E-state index in [1.807, 2.05) is 33.0 Å². The van der Waals surface area contributed by atoms with Crippen LogP contribution in [0.4, 0.5) is 0 Å². The molecule has 0 saturated carbocycles. The van der Waals surface area contributed by atoms with Gasteiger partial charge in [0.1, 0.15) is 5.65 Å². The van der Waals surface area contributed by atoms with Crippen molar-refractivity contribution >= 4 is 5.65 Å². The molecule has 0 aliphatic carbocycles. The Morgan fingerprint density at radius 2 is 2.11 bits per heavy atom. The highest BCUT2D eigenvalue weighted by Gasteiger charge is 2.16. The highest BCUT2D eigenvalue weighted by Crippen LogP contribution is 2.11. The maximum atomic E-state index is 9.78. The van der Waals surface area contributed by atoms with Crippen LogP contribution in [0.1, 0.15) is 25.2 Å². The van der Waals surface area contributed by atoms with Gasteiger partial charge in [0.2, 0.25) is 0 Å². The highest BCUT2D eigenvalue weighted by atomic mass is 16.3. The molecule has 0 unspecified atom stereocenters. The molecular formula is C14H21N3O. The van der Waals surface area contributed by atoms with Gasteiger partial charge in [-0.05, 0) is 40.0 Å². The van der Waals surface area contributed by atoms with Crippen LogP contribution in [0.5, 0.6) is 0 Å². The van der Waals surface area contributed by atoms with Crippen molar-refractivity contribution in [3.8, 4) is 0 Å². The third-order valence-electron chi connectivity index (χ3n) is 2.83. The molecule has 0 radical (unpaired) electrons. The van der Waals surface area contributed by atoms with Crippen LogP contribution in [0.3, 0.4) is 0 Å². The Morgan fingerprint density at radius 1 is 1.39 bits per heavy atom. The number of pyridine rings is 1. The van der Waals surface area contributed by atoms with Crippen LogP contribution in [0.2, 0.25) is 0 Å². The number of fused-ring (bicyclic) bond motifs is 1. The lowest BCUT2D eigenvalue weighted by Gasteiger charge is -2.24. The zero-order valence-corrected chi connectivity index (χ0v) is 11.5. The van der Waals surface area contributed by atoms with Crippen molar-refractivity contribution < 1.29 is 5.11 Å². The lowest BCUT2D eigenvalue weighted by atomic mass is 10.1. The van der Waals surface area contributed by atoms with Crippen molar-refractivity contribution in [3.63, 3.8) is 0 Å². The summed E-state index contributed by atoms with van der Waals surface area (Å²) in [6, 6.07) is 6.09.